The Morgan fingerprint density at radius 1 is 1.15 bits per heavy atom. The number of benzene rings is 2. The number of hydrogen-bond acceptors (Lipinski definition) is 4. The number of rotatable bonds is 6. The van der Waals surface area contributed by atoms with E-state index in [0.29, 0.717) is 11.1 Å². The van der Waals surface area contributed by atoms with Crippen LogP contribution in [0.1, 0.15) is 5.56 Å². The van der Waals surface area contributed by atoms with Crippen LogP contribution in [0.2, 0.25) is 0 Å². The van der Waals surface area contributed by atoms with E-state index in [1.54, 1.807) is 24.4 Å². The van der Waals surface area contributed by atoms with Crippen LogP contribution >= 0.6 is 0 Å². The number of ether oxygens (including phenoxy) is 2. The Kier molecular flexibility index (Phi) is 5.04. The molecule has 0 radical (unpaired) electrons. The number of carbonyl (C=O) groups is 1. The van der Waals surface area contributed by atoms with Crippen LogP contribution in [0.15, 0.2) is 53.5 Å². The van der Waals surface area contributed by atoms with E-state index in [2.05, 4.69) is 4.98 Å². The molecule has 1 aromatic heterocycles. The van der Waals surface area contributed by atoms with Gasteiger partial charge in [-0.2, -0.15) is 0 Å². The molecule has 2 N–H and O–H groups in total. The van der Waals surface area contributed by atoms with E-state index in [9.17, 15) is 14.7 Å². The number of aryl methyl sites for hydroxylation is 1. The van der Waals surface area contributed by atoms with Crippen LogP contribution < -0.4 is 10.3 Å². The van der Waals surface area contributed by atoms with E-state index in [0.717, 1.165) is 22.1 Å². The molecule has 0 bridgehead atoms. The van der Waals surface area contributed by atoms with Crippen molar-refractivity contribution in [2.75, 3.05) is 13.7 Å². The van der Waals surface area contributed by atoms with Crippen LogP contribution in [0.3, 0.4) is 0 Å². The SMILES string of the molecule is COCC(Oc1ccc2c(-c3ccccc3C)c[nH]c(=O)c2c1)C(=O)O. The van der Waals surface area contributed by atoms with Crippen molar-refractivity contribution in [2.24, 2.45) is 0 Å². The Balaban J connectivity index is 2.08. The number of aliphatic carboxylic acids is 1. The molecule has 6 nitrogen and oxygen atoms in total. The predicted octanol–water partition coefficient (Wildman–Crippen LogP) is 2.98. The van der Waals surface area contributed by atoms with Crippen molar-refractivity contribution in [1.29, 1.82) is 0 Å². The molecule has 1 heterocycles. The molecule has 0 aliphatic carbocycles. The summed E-state index contributed by atoms with van der Waals surface area (Å²) < 4.78 is 10.3. The molecule has 0 saturated heterocycles. The summed E-state index contributed by atoms with van der Waals surface area (Å²) in [6, 6.07) is 12.9. The predicted molar refractivity (Wildman–Crippen MR) is 98.7 cm³/mol. The van der Waals surface area contributed by atoms with Gasteiger partial charge in [-0.1, -0.05) is 24.3 Å². The first kappa shape index (κ1) is 17.7. The number of methoxy groups -OCH3 is 1. The number of hydrogen-bond donors (Lipinski definition) is 2. The molecule has 26 heavy (non-hydrogen) atoms. The first-order valence-electron chi connectivity index (χ1n) is 8.11. The second-order valence-electron chi connectivity index (χ2n) is 5.95. The smallest absolute Gasteiger partial charge is 0.347 e. The number of aromatic amines is 1. The summed E-state index contributed by atoms with van der Waals surface area (Å²) in [4.78, 5) is 26.3. The zero-order valence-corrected chi connectivity index (χ0v) is 14.5. The molecule has 3 aromatic rings. The molecule has 0 amide bonds. The second kappa shape index (κ2) is 7.41. The van der Waals surface area contributed by atoms with Gasteiger partial charge in [0.15, 0.2) is 0 Å². The summed E-state index contributed by atoms with van der Waals surface area (Å²) in [7, 11) is 1.40. The third kappa shape index (κ3) is 3.45. The van der Waals surface area contributed by atoms with Crippen molar-refractivity contribution in [3.05, 3.63) is 64.6 Å². The zero-order valence-electron chi connectivity index (χ0n) is 14.5. The number of carboxylic acids is 1. The van der Waals surface area contributed by atoms with Crippen LogP contribution in [0.25, 0.3) is 21.9 Å². The molecule has 0 fully saturated rings. The van der Waals surface area contributed by atoms with Gasteiger partial charge in [-0.25, -0.2) is 4.79 Å². The molecule has 6 heteroatoms. The molecule has 134 valence electrons. The van der Waals surface area contributed by atoms with Gasteiger partial charge in [0.2, 0.25) is 6.10 Å². The van der Waals surface area contributed by atoms with Gasteiger partial charge in [0, 0.05) is 18.9 Å². The molecular weight excluding hydrogens is 334 g/mol. The standard InChI is InChI=1S/C20H19NO5/c1-12-5-3-4-6-14(12)17-10-21-19(22)16-9-13(7-8-15(16)17)26-18(11-25-2)20(23)24/h3-10,18H,11H2,1-2H3,(H,21,22)(H,23,24). The average molecular weight is 353 g/mol. The minimum absolute atomic E-state index is 0.0903. The Morgan fingerprint density at radius 2 is 1.92 bits per heavy atom. The van der Waals surface area contributed by atoms with Crippen molar-refractivity contribution in [2.45, 2.75) is 13.0 Å². The highest BCUT2D eigenvalue weighted by molar-refractivity contribution is 5.97. The summed E-state index contributed by atoms with van der Waals surface area (Å²) in [5, 5.41) is 10.4. The molecule has 0 saturated carbocycles. The maximum Gasteiger partial charge on any atom is 0.347 e. The summed E-state index contributed by atoms with van der Waals surface area (Å²) in [5.74, 6) is -0.830. The second-order valence-corrected chi connectivity index (χ2v) is 5.95. The van der Waals surface area contributed by atoms with E-state index in [1.165, 1.54) is 7.11 Å². The highest BCUT2D eigenvalue weighted by Crippen LogP contribution is 2.30. The van der Waals surface area contributed by atoms with Crippen molar-refractivity contribution in [3.8, 4) is 16.9 Å². The first-order chi connectivity index (χ1) is 12.5. The fourth-order valence-corrected chi connectivity index (χ4v) is 2.88. The minimum atomic E-state index is -1.14. The summed E-state index contributed by atoms with van der Waals surface area (Å²) >= 11 is 0. The normalized spacial score (nSPS) is 12.1. The molecule has 0 aliphatic rings. The largest absolute Gasteiger partial charge is 0.478 e. The molecule has 2 aromatic carbocycles. The zero-order chi connectivity index (χ0) is 18.7. The number of carboxylic acid groups (broad SMARTS) is 1. The van der Waals surface area contributed by atoms with Gasteiger partial charge in [-0.3, -0.25) is 4.79 Å². The van der Waals surface area contributed by atoms with Gasteiger partial charge in [-0.05, 0) is 41.6 Å². The van der Waals surface area contributed by atoms with Crippen LogP contribution in [-0.4, -0.2) is 35.9 Å². The van der Waals surface area contributed by atoms with Gasteiger partial charge in [0.25, 0.3) is 5.56 Å². The summed E-state index contributed by atoms with van der Waals surface area (Å²) in [6.07, 6.45) is 0.550. The van der Waals surface area contributed by atoms with Crippen molar-refractivity contribution >= 4 is 16.7 Å². The lowest BCUT2D eigenvalue weighted by molar-refractivity contribution is -0.147. The van der Waals surface area contributed by atoms with Gasteiger partial charge in [-0.15, -0.1) is 0 Å². The topological polar surface area (TPSA) is 88.6 Å². The van der Waals surface area contributed by atoms with Crippen molar-refractivity contribution < 1.29 is 19.4 Å². The number of aromatic nitrogens is 1. The summed E-state index contributed by atoms with van der Waals surface area (Å²) in [6.45, 7) is 1.92. The number of nitrogens with one attached hydrogen (secondary N) is 1. The third-order valence-corrected chi connectivity index (χ3v) is 4.18. The Bertz CT molecular complexity index is 1010. The van der Waals surface area contributed by atoms with Crippen LogP contribution in [0, 0.1) is 6.92 Å². The Morgan fingerprint density at radius 3 is 2.62 bits per heavy atom. The molecule has 1 atom stereocenters. The van der Waals surface area contributed by atoms with E-state index < -0.39 is 12.1 Å². The number of fused-ring (bicyclic) bond motifs is 1. The fraction of sp³-hybridized carbons (Fsp3) is 0.200. The lowest BCUT2D eigenvalue weighted by Crippen LogP contribution is -2.31. The quantitative estimate of drug-likeness (QED) is 0.711. The van der Waals surface area contributed by atoms with Crippen molar-refractivity contribution in [3.63, 3.8) is 0 Å². The number of H-pyrrole nitrogens is 1. The van der Waals surface area contributed by atoms with Crippen LogP contribution in [0.5, 0.6) is 5.75 Å². The maximum atomic E-state index is 12.3. The molecular formula is C20H19NO5. The van der Waals surface area contributed by atoms with Gasteiger partial charge in [0.05, 0.1) is 12.0 Å². The van der Waals surface area contributed by atoms with E-state index in [-0.39, 0.29) is 12.2 Å². The lowest BCUT2D eigenvalue weighted by Gasteiger charge is -2.15. The molecule has 0 spiro atoms. The Labute approximate surface area is 150 Å². The maximum absolute atomic E-state index is 12.3. The first-order valence-corrected chi connectivity index (χ1v) is 8.11. The van der Waals surface area contributed by atoms with Gasteiger partial charge >= 0.3 is 5.97 Å². The van der Waals surface area contributed by atoms with Crippen molar-refractivity contribution in [1.82, 2.24) is 4.98 Å². The molecule has 1 unspecified atom stereocenters. The minimum Gasteiger partial charge on any atom is -0.478 e. The highest BCUT2D eigenvalue weighted by atomic mass is 16.5. The number of pyridine rings is 1. The molecule has 0 aliphatic heterocycles. The molecule has 3 rings (SSSR count). The van der Waals surface area contributed by atoms with E-state index in [1.807, 2.05) is 31.2 Å². The third-order valence-electron chi connectivity index (χ3n) is 4.18. The lowest BCUT2D eigenvalue weighted by atomic mass is 9.97. The Hall–Kier alpha value is -3.12. The van der Waals surface area contributed by atoms with Crippen LogP contribution in [0.4, 0.5) is 0 Å². The monoisotopic (exact) mass is 353 g/mol. The van der Waals surface area contributed by atoms with Gasteiger partial charge < -0.3 is 19.6 Å². The summed E-state index contributed by atoms with van der Waals surface area (Å²) in [5.41, 5.74) is 2.75. The highest BCUT2D eigenvalue weighted by Gasteiger charge is 2.20. The fourth-order valence-electron chi connectivity index (χ4n) is 2.88. The average Bonchev–Trinajstić information content (AvgIpc) is 2.63. The van der Waals surface area contributed by atoms with E-state index in [4.69, 9.17) is 9.47 Å². The van der Waals surface area contributed by atoms with Gasteiger partial charge in [0.1, 0.15) is 5.75 Å². The van der Waals surface area contributed by atoms with E-state index >= 15 is 0 Å². The van der Waals surface area contributed by atoms with Crippen LogP contribution in [-0.2, 0) is 9.53 Å².